The lowest BCUT2D eigenvalue weighted by Gasteiger charge is -2.49. The van der Waals surface area contributed by atoms with Crippen LogP contribution in [0.15, 0.2) is 15.6 Å². The third kappa shape index (κ3) is 3.72. The molecule has 26 heavy (non-hydrogen) atoms. The van der Waals surface area contributed by atoms with E-state index in [-0.39, 0.29) is 24.6 Å². The van der Waals surface area contributed by atoms with Gasteiger partial charge in [-0.15, -0.1) is 22.0 Å². The number of hydrogen-bond acceptors (Lipinski definition) is 9. The van der Waals surface area contributed by atoms with E-state index in [4.69, 9.17) is 5.73 Å². The van der Waals surface area contributed by atoms with Crippen molar-refractivity contribution < 1.29 is 19.5 Å². The molecule has 1 aromatic rings. The molecular formula is C14H17N5O4S3. The summed E-state index contributed by atoms with van der Waals surface area (Å²) in [5.74, 6) is -0.952. The maximum Gasteiger partial charge on any atom is 0.352 e. The second-order valence-electron chi connectivity index (χ2n) is 5.63. The molecule has 9 nitrogen and oxygen atoms in total. The largest absolute Gasteiger partial charge is 0.477 e. The minimum Gasteiger partial charge on any atom is -0.477 e. The number of carboxylic acids is 1. The van der Waals surface area contributed by atoms with E-state index in [2.05, 4.69) is 15.5 Å². The quantitative estimate of drug-likeness (QED) is 0.416. The van der Waals surface area contributed by atoms with E-state index >= 15 is 0 Å². The molecule has 140 valence electrons. The van der Waals surface area contributed by atoms with E-state index in [1.807, 2.05) is 6.92 Å². The Balaban J connectivity index is 1.73. The van der Waals surface area contributed by atoms with Crippen LogP contribution in [-0.2, 0) is 14.4 Å². The zero-order valence-corrected chi connectivity index (χ0v) is 16.2. The van der Waals surface area contributed by atoms with E-state index < -0.39 is 23.3 Å². The molecule has 0 aromatic carbocycles. The summed E-state index contributed by atoms with van der Waals surface area (Å²) in [6, 6.07) is -0.701. The SMILES string of the molecule is Cc1nnc(SCC2=C(C(=O)O)N3C(=O)C(NC(=O)CCN)[C@@H]3SC2)s1. The van der Waals surface area contributed by atoms with Crippen LogP contribution in [0.25, 0.3) is 0 Å². The molecule has 0 aliphatic carbocycles. The van der Waals surface area contributed by atoms with Gasteiger partial charge in [-0.3, -0.25) is 14.5 Å². The summed E-state index contributed by atoms with van der Waals surface area (Å²) in [5, 5.41) is 20.6. The van der Waals surface area contributed by atoms with Crippen LogP contribution in [0.5, 0.6) is 0 Å². The molecule has 1 fully saturated rings. The number of carbonyl (C=O) groups excluding carboxylic acids is 2. The van der Waals surface area contributed by atoms with Gasteiger partial charge >= 0.3 is 5.97 Å². The molecule has 1 saturated heterocycles. The fraction of sp³-hybridized carbons (Fsp3) is 0.500. The molecule has 1 unspecified atom stereocenters. The number of β-lactam (4-membered cyclic amide) rings is 1. The maximum absolute atomic E-state index is 12.4. The minimum atomic E-state index is -1.14. The highest BCUT2D eigenvalue weighted by molar-refractivity contribution is 8.01. The number of carbonyl (C=O) groups is 3. The summed E-state index contributed by atoms with van der Waals surface area (Å²) in [7, 11) is 0. The fourth-order valence-corrected chi connectivity index (χ4v) is 5.96. The number of carboxylic acid groups (broad SMARTS) is 1. The van der Waals surface area contributed by atoms with Gasteiger partial charge in [0.25, 0.3) is 5.91 Å². The number of thioether (sulfide) groups is 2. The van der Waals surface area contributed by atoms with Crippen LogP contribution in [0.4, 0.5) is 0 Å². The molecule has 4 N–H and O–H groups in total. The van der Waals surface area contributed by atoms with Crippen molar-refractivity contribution in [3.8, 4) is 0 Å². The van der Waals surface area contributed by atoms with Crippen molar-refractivity contribution in [2.24, 2.45) is 5.73 Å². The first-order valence-electron chi connectivity index (χ1n) is 7.74. The summed E-state index contributed by atoms with van der Waals surface area (Å²) < 4.78 is 0.758. The first kappa shape index (κ1) is 19.1. The van der Waals surface area contributed by atoms with Crippen molar-refractivity contribution in [1.82, 2.24) is 20.4 Å². The summed E-state index contributed by atoms with van der Waals surface area (Å²) in [6.45, 7) is 2.05. The number of rotatable bonds is 7. The molecule has 2 aliphatic heterocycles. The van der Waals surface area contributed by atoms with Gasteiger partial charge < -0.3 is 16.2 Å². The van der Waals surface area contributed by atoms with Crippen LogP contribution in [0.1, 0.15) is 11.4 Å². The van der Waals surface area contributed by atoms with Gasteiger partial charge in [0.05, 0.1) is 0 Å². The Morgan fingerprint density at radius 3 is 2.85 bits per heavy atom. The lowest BCUT2D eigenvalue weighted by Crippen LogP contribution is -2.70. The van der Waals surface area contributed by atoms with Gasteiger partial charge in [0, 0.05) is 24.5 Å². The van der Waals surface area contributed by atoms with E-state index in [0.717, 1.165) is 9.35 Å². The molecule has 0 radical (unpaired) electrons. The van der Waals surface area contributed by atoms with Gasteiger partial charge in [-0.25, -0.2) is 4.79 Å². The fourth-order valence-electron chi connectivity index (χ4n) is 2.66. The Hall–Kier alpha value is -1.63. The van der Waals surface area contributed by atoms with E-state index in [0.29, 0.717) is 17.1 Å². The average Bonchev–Trinajstić information content (AvgIpc) is 3.02. The third-order valence-corrected chi connectivity index (χ3v) is 7.21. The molecule has 2 aliphatic rings. The zero-order valence-electron chi connectivity index (χ0n) is 13.8. The van der Waals surface area contributed by atoms with Crippen LogP contribution in [0.2, 0.25) is 0 Å². The van der Waals surface area contributed by atoms with Crippen LogP contribution in [-0.4, -0.2) is 67.5 Å². The van der Waals surface area contributed by atoms with E-state index in [9.17, 15) is 19.5 Å². The molecule has 3 heterocycles. The lowest BCUT2D eigenvalue weighted by molar-refractivity contribution is -0.150. The number of aliphatic carboxylic acids is 1. The van der Waals surface area contributed by atoms with E-state index in [1.54, 1.807) is 0 Å². The van der Waals surface area contributed by atoms with Crippen LogP contribution in [0.3, 0.4) is 0 Å². The van der Waals surface area contributed by atoms with Crippen molar-refractivity contribution in [3.63, 3.8) is 0 Å². The Morgan fingerprint density at radius 2 is 2.23 bits per heavy atom. The maximum atomic E-state index is 12.4. The predicted octanol–water partition coefficient (Wildman–Crippen LogP) is 0.0260. The van der Waals surface area contributed by atoms with Crippen molar-refractivity contribution in [2.75, 3.05) is 18.1 Å². The van der Waals surface area contributed by atoms with Crippen molar-refractivity contribution in [1.29, 1.82) is 0 Å². The lowest BCUT2D eigenvalue weighted by atomic mass is 10.0. The second kappa shape index (κ2) is 7.94. The number of aryl methyl sites for hydroxylation is 1. The zero-order chi connectivity index (χ0) is 18.8. The van der Waals surface area contributed by atoms with Gasteiger partial charge in [-0.2, -0.15) is 0 Å². The number of nitrogens with one attached hydrogen (secondary N) is 1. The van der Waals surface area contributed by atoms with Gasteiger partial charge in [0.15, 0.2) is 4.34 Å². The second-order valence-corrected chi connectivity index (χ2v) is 9.14. The number of amides is 2. The summed E-state index contributed by atoms with van der Waals surface area (Å²) in [5.41, 5.74) is 6.01. The first-order valence-corrected chi connectivity index (χ1v) is 10.6. The summed E-state index contributed by atoms with van der Waals surface area (Å²) >= 11 is 4.29. The monoisotopic (exact) mass is 415 g/mol. The molecule has 0 bridgehead atoms. The molecule has 2 atom stereocenters. The molecule has 0 spiro atoms. The summed E-state index contributed by atoms with van der Waals surface area (Å²) in [4.78, 5) is 37.1. The molecule has 1 aromatic heterocycles. The van der Waals surface area contributed by atoms with Crippen LogP contribution >= 0.6 is 34.9 Å². The standard InChI is InChI=1S/C14H17N5O4S3/c1-6-17-18-14(26-6)25-5-7-4-24-12-9(16-8(20)2-3-15)11(21)19(12)10(7)13(22)23/h9,12H,2-5,15H2,1H3,(H,16,20)(H,22,23)/t9?,12-/m0/s1. The smallest absolute Gasteiger partial charge is 0.352 e. The molecule has 0 saturated carbocycles. The summed E-state index contributed by atoms with van der Waals surface area (Å²) in [6.07, 6.45) is 0.131. The highest BCUT2D eigenvalue weighted by Crippen LogP contribution is 2.41. The van der Waals surface area contributed by atoms with Gasteiger partial charge in [0.1, 0.15) is 22.1 Å². The number of aromatic nitrogens is 2. The van der Waals surface area contributed by atoms with Crippen molar-refractivity contribution >= 4 is 52.6 Å². The number of hydrogen-bond donors (Lipinski definition) is 3. The van der Waals surface area contributed by atoms with Gasteiger partial charge in [0.2, 0.25) is 5.91 Å². The predicted molar refractivity (Wildman–Crippen MR) is 98.7 cm³/mol. The Bertz CT molecular complexity index is 780. The molecular weight excluding hydrogens is 398 g/mol. The Morgan fingerprint density at radius 1 is 1.46 bits per heavy atom. The van der Waals surface area contributed by atoms with Gasteiger partial charge in [-0.05, 0) is 12.5 Å². The average molecular weight is 416 g/mol. The normalized spacial score (nSPS) is 22.1. The van der Waals surface area contributed by atoms with Crippen LogP contribution < -0.4 is 11.1 Å². The number of nitrogens with zero attached hydrogens (tertiary/aromatic N) is 3. The number of fused-ring (bicyclic) bond motifs is 1. The van der Waals surface area contributed by atoms with Gasteiger partial charge in [-0.1, -0.05) is 23.1 Å². The number of nitrogens with two attached hydrogens (primary N) is 1. The van der Waals surface area contributed by atoms with Crippen LogP contribution in [0, 0.1) is 6.92 Å². The molecule has 2 amide bonds. The Labute approximate surface area is 161 Å². The molecule has 12 heteroatoms. The highest BCUT2D eigenvalue weighted by Gasteiger charge is 2.54. The first-order chi connectivity index (χ1) is 12.4. The Kier molecular flexibility index (Phi) is 5.85. The minimum absolute atomic E-state index is 0.0109. The third-order valence-electron chi connectivity index (χ3n) is 3.82. The van der Waals surface area contributed by atoms with Crippen molar-refractivity contribution in [3.05, 3.63) is 16.3 Å². The highest BCUT2D eigenvalue weighted by atomic mass is 32.2. The van der Waals surface area contributed by atoms with Crippen molar-refractivity contribution in [2.45, 2.75) is 29.1 Å². The molecule has 3 rings (SSSR count). The topological polar surface area (TPSA) is 139 Å². The van der Waals surface area contributed by atoms with E-state index in [1.165, 1.54) is 39.8 Å².